The predicted molar refractivity (Wildman–Crippen MR) is 294 cm³/mol. The van der Waals surface area contributed by atoms with E-state index in [1.54, 1.807) is 33.8 Å². The fourth-order valence-electron chi connectivity index (χ4n) is 14.3. The van der Waals surface area contributed by atoms with Crippen LogP contribution >= 0.6 is 0 Å². The zero-order chi connectivity index (χ0) is 47.2. The summed E-state index contributed by atoms with van der Waals surface area (Å²) in [4.78, 5) is 0. The second-order valence-corrected chi connectivity index (χ2v) is 23.8. The number of halogens is 2. The van der Waals surface area contributed by atoms with Crippen molar-refractivity contribution in [2.75, 3.05) is 0 Å². The van der Waals surface area contributed by atoms with Crippen LogP contribution in [0.5, 0.6) is 0 Å². The Morgan fingerprint density at radius 3 is 1.80 bits per heavy atom. The number of benzene rings is 7. The number of hydrogen-bond acceptors (Lipinski definition) is 0. The molecule has 5 aliphatic rings. The van der Waals surface area contributed by atoms with Crippen molar-refractivity contribution >= 4 is 53.1 Å². The smallest absolute Gasteiger partial charge is 1.00 e. The van der Waals surface area contributed by atoms with Crippen molar-refractivity contribution < 1.29 is 51.0 Å². The van der Waals surface area contributed by atoms with E-state index in [9.17, 15) is 0 Å². The Kier molecular flexibility index (Phi) is 14.7. The molecule has 1 saturated carbocycles. The Hall–Kier alpha value is -4.43. The molecule has 3 atom stereocenters. The molecule has 0 aromatic heterocycles. The number of hydrogen-bond donors (Lipinski definition) is 0. The first kappa shape index (κ1) is 52.9. The Labute approximate surface area is 459 Å². The molecule has 5 aliphatic carbocycles. The van der Waals surface area contributed by atoms with Crippen LogP contribution in [0.2, 0.25) is 0 Å². The van der Waals surface area contributed by atoms with Crippen LogP contribution in [-0.4, -0.2) is 9.52 Å². The fourth-order valence-corrected chi connectivity index (χ4v) is 15.3. The molecule has 357 valence electrons. The third kappa shape index (κ3) is 7.86. The molecule has 12 rings (SSSR count). The van der Waals surface area contributed by atoms with Gasteiger partial charge in [-0.05, 0) is 102 Å². The van der Waals surface area contributed by atoms with E-state index in [1.807, 2.05) is 0 Å². The van der Waals surface area contributed by atoms with Gasteiger partial charge >= 0.3 is 26.2 Å². The maximum atomic E-state index is 2.73. The zero-order valence-electron chi connectivity index (χ0n) is 43.1. The van der Waals surface area contributed by atoms with Gasteiger partial charge in [-0.25, -0.2) is 0 Å². The molecule has 7 aromatic rings. The van der Waals surface area contributed by atoms with Crippen LogP contribution in [0.1, 0.15) is 116 Å². The van der Waals surface area contributed by atoms with Crippen molar-refractivity contribution in [3.8, 4) is 11.1 Å². The van der Waals surface area contributed by atoms with E-state index in [-0.39, 0.29) is 84.0 Å². The first-order valence-electron chi connectivity index (χ1n) is 25.5. The first-order chi connectivity index (χ1) is 32.7. The van der Waals surface area contributed by atoms with Crippen LogP contribution in [0.4, 0.5) is 0 Å². The fraction of sp³-hybridized carbons (Fsp3) is 0.299. The molecular weight excluding hydrogens is 995 g/mol. The van der Waals surface area contributed by atoms with Crippen LogP contribution in [0.3, 0.4) is 0 Å². The van der Waals surface area contributed by atoms with E-state index >= 15 is 0 Å². The summed E-state index contributed by atoms with van der Waals surface area (Å²) in [7, 11) is 0.777. The van der Waals surface area contributed by atoms with E-state index in [4.69, 9.17) is 0 Å². The molecular formula is C67H67Cl2SiZr. The van der Waals surface area contributed by atoms with Gasteiger partial charge in [0, 0.05) is 0 Å². The van der Waals surface area contributed by atoms with E-state index in [1.165, 1.54) is 71.7 Å². The van der Waals surface area contributed by atoms with Crippen LogP contribution in [0.15, 0.2) is 192 Å². The van der Waals surface area contributed by atoms with E-state index in [2.05, 4.69) is 238 Å². The van der Waals surface area contributed by atoms with Crippen molar-refractivity contribution in [2.45, 2.75) is 100 Å². The molecule has 3 radical (unpaired) electrons. The van der Waals surface area contributed by atoms with Gasteiger partial charge < -0.3 is 24.8 Å². The SMILES string of the molecule is CCCC1=Cc2c(-c3c4ccccc4cc4ccccc34)cccc2C1[C-]1C2=C3Cc4ccccc4C3=C3C=CCCC3(C)C2(C)C(C)(C)C(C)(C)C1(C)C.[Cl-].[Cl-].[Zr+3].c1ccc([Si]c2ccccc2)cc1. The van der Waals surface area contributed by atoms with Gasteiger partial charge in [0.1, 0.15) is 9.52 Å². The standard InChI is InChI=1S/C55H57.C12H10Si.2ClH.Zr/c1-10-20-37-33-43-41(27-19-28-42(43)47-38-24-14-11-21-34(38)31-35-22-12-15-25-39(35)47)46(37)50-49-44-32-36-23-13-16-26-40(36)48(44)45-29-17-18-30-54(45,8)55(49,9)53(6,7)52(4,5)51(50,2)3;1-3-7-11(8-4-1)13-12-9-5-2-6-10-12;;;/h11-17,19,21-29,31,33,46H,10,18,20,30,32H2,1-9H3;1-10H;2*1H;/q-1;;;;+3/p-2. The van der Waals surface area contributed by atoms with Crippen molar-refractivity contribution in [3.05, 3.63) is 220 Å². The second kappa shape index (κ2) is 19.8. The molecule has 4 heteroatoms. The minimum Gasteiger partial charge on any atom is -1.00 e. The van der Waals surface area contributed by atoms with E-state index < -0.39 is 0 Å². The molecule has 1 fully saturated rings. The second-order valence-electron chi connectivity index (χ2n) is 22.4. The maximum absolute atomic E-state index is 2.73. The van der Waals surface area contributed by atoms with Crippen molar-refractivity contribution in [3.63, 3.8) is 0 Å². The molecule has 3 unspecified atom stereocenters. The van der Waals surface area contributed by atoms with Crippen LogP contribution in [-0.2, 0) is 32.6 Å². The summed E-state index contributed by atoms with van der Waals surface area (Å²) in [6, 6.07) is 58.3. The van der Waals surface area contributed by atoms with Gasteiger partial charge in [-0.15, -0.1) is 0 Å². The topological polar surface area (TPSA) is 0 Å². The van der Waals surface area contributed by atoms with Crippen LogP contribution < -0.4 is 35.2 Å². The van der Waals surface area contributed by atoms with E-state index in [0.717, 1.165) is 35.2 Å². The summed E-state index contributed by atoms with van der Waals surface area (Å²) in [5.74, 6) is 1.94. The van der Waals surface area contributed by atoms with Crippen LogP contribution in [0.25, 0.3) is 44.3 Å². The predicted octanol–water partition coefficient (Wildman–Crippen LogP) is 10.6. The number of fused-ring (bicyclic) bond motifs is 9. The number of allylic oxidation sites excluding steroid dienone is 7. The Bertz CT molecular complexity index is 3170. The van der Waals surface area contributed by atoms with Gasteiger partial charge in [0.2, 0.25) is 0 Å². The number of rotatable bonds is 6. The summed E-state index contributed by atoms with van der Waals surface area (Å²) in [5, 5.41) is 8.09. The van der Waals surface area contributed by atoms with Crippen molar-refractivity contribution in [2.24, 2.45) is 27.1 Å². The minimum atomic E-state index is -0.0855. The molecule has 0 N–H and O–H groups in total. The van der Waals surface area contributed by atoms with Gasteiger partial charge in [0.15, 0.2) is 0 Å². The summed E-state index contributed by atoms with van der Waals surface area (Å²) < 4.78 is 0. The maximum Gasteiger partial charge on any atom is 3.00 e. The third-order valence-corrected chi connectivity index (χ3v) is 20.2. The molecule has 0 amide bonds. The van der Waals surface area contributed by atoms with Crippen molar-refractivity contribution in [1.29, 1.82) is 0 Å². The normalized spacial score (nSPS) is 22.6. The largest absolute Gasteiger partial charge is 3.00 e. The molecule has 0 saturated heterocycles. The van der Waals surface area contributed by atoms with Gasteiger partial charge in [0.25, 0.3) is 0 Å². The van der Waals surface area contributed by atoms with Crippen LogP contribution in [0, 0.1) is 33.0 Å². The average molecular weight is 1060 g/mol. The van der Waals surface area contributed by atoms with Gasteiger partial charge in [-0.2, -0.15) is 17.1 Å². The molecule has 0 aliphatic heterocycles. The summed E-state index contributed by atoms with van der Waals surface area (Å²) >= 11 is 0. The Morgan fingerprint density at radius 2 is 1.18 bits per heavy atom. The Balaban J connectivity index is 0.000000368. The molecule has 0 spiro atoms. The Morgan fingerprint density at radius 1 is 0.620 bits per heavy atom. The van der Waals surface area contributed by atoms with E-state index in [0.29, 0.717) is 0 Å². The zero-order valence-corrected chi connectivity index (χ0v) is 48.1. The van der Waals surface area contributed by atoms with Gasteiger partial charge in [0.05, 0.1) is 0 Å². The molecule has 71 heavy (non-hydrogen) atoms. The molecule has 0 bridgehead atoms. The summed E-state index contributed by atoms with van der Waals surface area (Å²) in [6.07, 6.45) is 13.3. The summed E-state index contributed by atoms with van der Waals surface area (Å²) in [6.45, 7) is 23.6. The first-order valence-corrected chi connectivity index (χ1v) is 26.5. The van der Waals surface area contributed by atoms with Gasteiger partial charge in [-0.1, -0.05) is 283 Å². The molecule has 0 nitrogen and oxygen atoms in total. The minimum absolute atomic E-state index is 0. The summed E-state index contributed by atoms with van der Waals surface area (Å²) in [5.41, 5.74) is 16.6. The molecule has 7 aromatic carbocycles. The quantitative estimate of drug-likeness (QED) is 0.0885. The average Bonchev–Trinajstić information content (AvgIpc) is 3.91. The molecule has 0 heterocycles. The third-order valence-electron chi connectivity index (χ3n) is 19.0. The van der Waals surface area contributed by atoms with Gasteiger partial charge in [-0.3, -0.25) is 0 Å². The monoisotopic (exact) mass is 1060 g/mol. The van der Waals surface area contributed by atoms with Crippen molar-refractivity contribution in [1.82, 2.24) is 0 Å².